The molecule has 1 aromatic carbocycles. The normalized spacial score (nSPS) is 11.7. The minimum atomic E-state index is -4.37. The van der Waals surface area contributed by atoms with Crippen LogP contribution in [0.2, 0.25) is 0 Å². The van der Waals surface area contributed by atoms with E-state index in [9.17, 15) is 13.2 Å². The van der Waals surface area contributed by atoms with E-state index < -0.39 is 11.7 Å². The van der Waals surface area contributed by atoms with Crippen LogP contribution < -0.4 is 15.8 Å². The molecule has 0 aliphatic carbocycles. The van der Waals surface area contributed by atoms with Crippen molar-refractivity contribution in [3.05, 3.63) is 48.0 Å². The molecule has 0 aliphatic rings. The van der Waals surface area contributed by atoms with E-state index in [1.807, 2.05) is 0 Å². The Kier molecular flexibility index (Phi) is 4.75. The molecule has 2 aromatic heterocycles. The third kappa shape index (κ3) is 4.00. The number of pyridine rings is 1. The molecule has 25 heavy (non-hydrogen) atoms. The quantitative estimate of drug-likeness (QED) is 0.667. The first-order chi connectivity index (χ1) is 12.0. The van der Waals surface area contributed by atoms with Crippen LogP contribution in [0.3, 0.4) is 0 Å². The summed E-state index contributed by atoms with van der Waals surface area (Å²) in [7, 11) is 0. The summed E-state index contributed by atoms with van der Waals surface area (Å²) in [5.74, 6) is 0.772. The van der Waals surface area contributed by atoms with Crippen LogP contribution in [0, 0.1) is 0 Å². The summed E-state index contributed by atoms with van der Waals surface area (Å²) in [6, 6.07) is 9.93. The van der Waals surface area contributed by atoms with Gasteiger partial charge in [0.2, 0.25) is 11.8 Å². The van der Waals surface area contributed by atoms with Gasteiger partial charge in [-0.1, -0.05) is 6.07 Å². The third-order valence-corrected chi connectivity index (χ3v) is 3.39. The van der Waals surface area contributed by atoms with Crippen molar-refractivity contribution >= 4 is 17.3 Å². The van der Waals surface area contributed by atoms with Crippen LogP contribution in [-0.2, 0) is 6.18 Å². The van der Waals surface area contributed by atoms with Gasteiger partial charge in [0, 0.05) is 11.8 Å². The van der Waals surface area contributed by atoms with Gasteiger partial charge in [-0.25, -0.2) is 0 Å². The van der Waals surface area contributed by atoms with Crippen LogP contribution in [0.4, 0.5) is 24.8 Å². The average molecular weight is 351 g/mol. The molecule has 2 heterocycles. The second-order valence-electron chi connectivity index (χ2n) is 5.26. The van der Waals surface area contributed by atoms with Gasteiger partial charge in [0.1, 0.15) is 0 Å². The van der Waals surface area contributed by atoms with Crippen molar-refractivity contribution in [3.63, 3.8) is 0 Å². The maximum Gasteiger partial charge on any atom is 0.416 e. The SMILES string of the molecule is NCCCOc1cccc2nc(Nc3ccc(C(F)(F)F)cc3)nn12. The minimum absolute atomic E-state index is 0.259. The van der Waals surface area contributed by atoms with Crippen LogP contribution in [-0.4, -0.2) is 27.7 Å². The van der Waals surface area contributed by atoms with E-state index in [0.29, 0.717) is 36.8 Å². The van der Waals surface area contributed by atoms with Gasteiger partial charge in [-0.15, -0.1) is 5.10 Å². The maximum absolute atomic E-state index is 12.6. The van der Waals surface area contributed by atoms with Crippen molar-refractivity contribution in [3.8, 4) is 5.88 Å². The molecule has 0 saturated carbocycles. The number of benzene rings is 1. The molecule has 3 rings (SSSR count). The highest BCUT2D eigenvalue weighted by Gasteiger charge is 2.29. The predicted octanol–water partition coefficient (Wildman–Crippen LogP) is 3.22. The van der Waals surface area contributed by atoms with Gasteiger partial charge in [-0.05, 0) is 43.3 Å². The lowest BCUT2D eigenvalue weighted by Gasteiger charge is -2.07. The van der Waals surface area contributed by atoms with Gasteiger partial charge in [-0.2, -0.15) is 22.7 Å². The van der Waals surface area contributed by atoms with E-state index in [4.69, 9.17) is 10.5 Å². The van der Waals surface area contributed by atoms with Crippen molar-refractivity contribution in [1.29, 1.82) is 0 Å². The van der Waals surface area contributed by atoms with Crippen molar-refractivity contribution in [2.45, 2.75) is 12.6 Å². The number of hydrogen-bond donors (Lipinski definition) is 2. The lowest BCUT2D eigenvalue weighted by Crippen LogP contribution is -2.08. The molecule has 0 bridgehead atoms. The largest absolute Gasteiger partial charge is 0.478 e. The number of hydrogen-bond acceptors (Lipinski definition) is 5. The fourth-order valence-electron chi connectivity index (χ4n) is 2.18. The smallest absolute Gasteiger partial charge is 0.416 e. The van der Waals surface area contributed by atoms with Gasteiger partial charge >= 0.3 is 6.18 Å². The molecule has 3 N–H and O–H groups in total. The highest BCUT2D eigenvalue weighted by molar-refractivity contribution is 5.56. The number of fused-ring (bicyclic) bond motifs is 1. The molecular formula is C16H16F3N5O. The van der Waals surface area contributed by atoms with Crippen molar-refractivity contribution in [2.24, 2.45) is 5.73 Å². The van der Waals surface area contributed by atoms with E-state index in [0.717, 1.165) is 12.1 Å². The number of nitrogens with two attached hydrogens (primary N) is 1. The standard InChI is InChI=1S/C16H16F3N5O/c17-16(18,19)11-5-7-12(8-6-11)21-15-22-13-3-1-4-14(24(13)23-15)25-10-2-9-20/h1,3-8H,2,9-10,20H2,(H,21,23). The molecule has 0 unspecified atom stereocenters. The van der Waals surface area contributed by atoms with Gasteiger partial charge in [0.25, 0.3) is 0 Å². The number of anilines is 2. The Balaban J connectivity index is 1.79. The van der Waals surface area contributed by atoms with Gasteiger partial charge < -0.3 is 15.8 Å². The maximum atomic E-state index is 12.6. The Bertz CT molecular complexity index is 845. The first-order valence-electron chi connectivity index (χ1n) is 7.60. The van der Waals surface area contributed by atoms with Crippen LogP contribution in [0.1, 0.15) is 12.0 Å². The number of alkyl halides is 3. The van der Waals surface area contributed by atoms with Crippen LogP contribution in [0.25, 0.3) is 5.65 Å². The fourth-order valence-corrected chi connectivity index (χ4v) is 2.18. The number of aromatic nitrogens is 3. The molecule has 0 saturated heterocycles. The average Bonchev–Trinajstić information content (AvgIpc) is 2.98. The molecule has 0 fully saturated rings. The minimum Gasteiger partial charge on any atom is -0.478 e. The predicted molar refractivity (Wildman–Crippen MR) is 86.9 cm³/mol. The number of ether oxygens (including phenoxy) is 1. The Morgan fingerprint density at radius 2 is 1.88 bits per heavy atom. The van der Waals surface area contributed by atoms with Crippen molar-refractivity contribution in [2.75, 3.05) is 18.5 Å². The Hall–Kier alpha value is -2.81. The topological polar surface area (TPSA) is 77.5 Å². The van der Waals surface area contributed by atoms with Gasteiger partial charge in [-0.3, -0.25) is 0 Å². The first kappa shape index (κ1) is 17.0. The fraction of sp³-hybridized carbons (Fsp3) is 0.250. The van der Waals surface area contributed by atoms with Crippen LogP contribution in [0.15, 0.2) is 42.5 Å². The van der Waals surface area contributed by atoms with E-state index in [1.54, 1.807) is 18.2 Å². The number of halogens is 3. The first-order valence-corrected chi connectivity index (χ1v) is 7.60. The zero-order chi connectivity index (χ0) is 17.9. The molecule has 3 aromatic rings. The molecule has 6 nitrogen and oxygen atoms in total. The summed E-state index contributed by atoms with van der Waals surface area (Å²) in [6.07, 6.45) is -3.66. The van der Waals surface area contributed by atoms with Crippen molar-refractivity contribution < 1.29 is 17.9 Å². The second kappa shape index (κ2) is 6.98. The summed E-state index contributed by atoms with van der Waals surface area (Å²) in [5, 5.41) is 7.15. The molecule has 132 valence electrons. The molecular weight excluding hydrogens is 335 g/mol. The lowest BCUT2D eigenvalue weighted by atomic mass is 10.2. The molecule has 0 spiro atoms. The Labute approximate surface area is 141 Å². The molecule has 0 atom stereocenters. The van der Waals surface area contributed by atoms with Crippen molar-refractivity contribution in [1.82, 2.24) is 14.6 Å². The molecule has 0 aliphatic heterocycles. The van der Waals surface area contributed by atoms with Gasteiger partial charge in [0.15, 0.2) is 5.65 Å². The monoisotopic (exact) mass is 351 g/mol. The lowest BCUT2D eigenvalue weighted by molar-refractivity contribution is -0.137. The highest BCUT2D eigenvalue weighted by atomic mass is 19.4. The summed E-state index contributed by atoms with van der Waals surface area (Å²) in [5.41, 5.74) is 5.73. The number of rotatable bonds is 6. The van der Waals surface area contributed by atoms with E-state index >= 15 is 0 Å². The van der Waals surface area contributed by atoms with Crippen LogP contribution in [0.5, 0.6) is 5.88 Å². The molecule has 0 radical (unpaired) electrons. The van der Waals surface area contributed by atoms with Gasteiger partial charge in [0.05, 0.1) is 12.2 Å². The van der Waals surface area contributed by atoms with Crippen LogP contribution >= 0.6 is 0 Å². The zero-order valence-electron chi connectivity index (χ0n) is 13.1. The summed E-state index contributed by atoms with van der Waals surface area (Å²) in [6.45, 7) is 0.977. The zero-order valence-corrected chi connectivity index (χ0v) is 13.1. The summed E-state index contributed by atoms with van der Waals surface area (Å²) in [4.78, 5) is 4.28. The number of nitrogens with one attached hydrogen (secondary N) is 1. The van der Waals surface area contributed by atoms with E-state index in [2.05, 4.69) is 15.4 Å². The second-order valence-corrected chi connectivity index (χ2v) is 5.26. The summed E-state index contributed by atoms with van der Waals surface area (Å²) < 4.78 is 44.9. The Morgan fingerprint density at radius 3 is 2.56 bits per heavy atom. The van der Waals surface area contributed by atoms with E-state index in [-0.39, 0.29) is 5.95 Å². The third-order valence-electron chi connectivity index (χ3n) is 3.39. The highest BCUT2D eigenvalue weighted by Crippen LogP contribution is 2.30. The van der Waals surface area contributed by atoms with E-state index in [1.165, 1.54) is 16.6 Å². The summed E-state index contributed by atoms with van der Waals surface area (Å²) >= 11 is 0. The number of nitrogens with zero attached hydrogens (tertiary/aromatic N) is 3. The Morgan fingerprint density at radius 1 is 1.12 bits per heavy atom. The molecule has 0 amide bonds. The molecule has 9 heteroatoms.